The van der Waals surface area contributed by atoms with Crippen molar-refractivity contribution in [2.24, 2.45) is 0 Å². The van der Waals surface area contributed by atoms with Crippen LogP contribution in [0.25, 0.3) is 10.1 Å². The number of carbonyl (C=O) groups is 1. The lowest BCUT2D eigenvalue weighted by Gasteiger charge is -2.26. The van der Waals surface area contributed by atoms with Crippen LogP contribution in [0.2, 0.25) is 0 Å². The Bertz CT molecular complexity index is 877. The second-order valence-electron chi connectivity index (χ2n) is 5.48. The average Bonchev–Trinajstić information content (AvgIpc) is 3.03. The lowest BCUT2D eigenvalue weighted by Crippen LogP contribution is -2.42. The number of benzene rings is 2. The van der Waals surface area contributed by atoms with Crippen LogP contribution in [0, 0.1) is 0 Å². The van der Waals surface area contributed by atoms with Crippen LogP contribution < -0.4 is 20.1 Å². The van der Waals surface area contributed by atoms with E-state index in [1.54, 1.807) is 11.3 Å². The molecule has 2 aromatic carbocycles. The van der Waals surface area contributed by atoms with Gasteiger partial charge in [0.25, 0.3) is 0 Å². The minimum absolute atomic E-state index is 0.204. The third kappa shape index (κ3) is 3.00. The number of nitrogens with one attached hydrogen (secondary N) is 2. The van der Waals surface area contributed by atoms with E-state index in [0.29, 0.717) is 18.9 Å². The van der Waals surface area contributed by atoms with Crippen LogP contribution >= 0.6 is 11.3 Å². The van der Waals surface area contributed by atoms with Crippen molar-refractivity contribution in [1.29, 1.82) is 0 Å². The quantitative estimate of drug-likeness (QED) is 0.761. The highest BCUT2D eigenvalue weighted by molar-refractivity contribution is 7.17. The molecule has 1 aliphatic heterocycles. The van der Waals surface area contributed by atoms with Crippen molar-refractivity contribution in [3.05, 3.63) is 53.9 Å². The van der Waals surface area contributed by atoms with Gasteiger partial charge in [-0.05, 0) is 18.2 Å². The third-order valence-electron chi connectivity index (χ3n) is 3.79. The smallest absolute Gasteiger partial charge is 0.319 e. The van der Waals surface area contributed by atoms with Gasteiger partial charge >= 0.3 is 6.03 Å². The molecule has 0 radical (unpaired) electrons. The molecule has 0 saturated carbocycles. The van der Waals surface area contributed by atoms with E-state index in [0.717, 1.165) is 21.5 Å². The average molecular weight is 340 g/mol. The van der Waals surface area contributed by atoms with E-state index >= 15 is 0 Å². The van der Waals surface area contributed by atoms with E-state index in [9.17, 15) is 4.79 Å². The number of fused-ring (bicyclic) bond motifs is 2. The number of rotatable bonds is 3. The molecule has 3 aromatic rings. The summed E-state index contributed by atoms with van der Waals surface area (Å²) in [7, 11) is 0. The number of hydrogen-bond donors (Lipinski definition) is 2. The summed E-state index contributed by atoms with van der Waals surface area (Å²) in [5, 5.41) is 8.71. The first kappa shape index (κ1) is 14.8. The minimum atomic E-state index is -0.249. The van der Waals surface area contributed by atoms with Gasteiger partial charge in [-0.3, -0.25) is 0 Å². The van der Waals surface area contributed by atoms with Gasteiger partial charge in [-0.15, -0.1) is 11.3 Å². The highest BCUT2D eigenvalue weighted by Gasteiger charge is 2.21. The number of ether oxygens (including phenoxy) is 2. The zero-order valence-corrected chi connectivity index (χ0v) is 13.6. The fraction of sp³-hybridized carbons (Fsp3) is 0.167. The molecule has 6 heteroatoms. The van der Waals surface area contributed by atoms with Gasteiger partial charge in [0.05, 0.1) is 12.2 Å². The van der Waals surface area contributed by atoms with Gasteiger partial charge in [-0.25, -0.2) is 4.79 Å². The van der Waals surface area contributed by atoms with Crippen LogP contribution in [-0.4, -0.2) is 25.3 Å². The summed E-state index contributed by atoms with van der Waals surface area (Å²) in [5.74, 6) is 1.45. The number of para-hydroxylation sites is 2. The zero-order valence-electron chi connectivity index (χ0n) is 12.8. The van der Waals surface area contributed by atoms with Gasteiger partial charge in [0.15, 0.2) is 17.6 Å². The van der Waals surface area contributed by atoms with Crippen LogP contribution in [0.15, 0.2) is 53.9 Å². The number of carbonyl (C=O) groups excluding carboxylic acids is 1. The van der Waals surface area contributed by atoms with Gasteiger partial charge in [0.1, 0.15) is 6.61 Å². The van der Waals surface area contributed by atoms with Crippen molar-refractivity contribution in [3.63, 3.8) is 0 Å². The van der Waals surface area contributed by atoms with Gasteiger partial charge in [0, 0.05) is 15.5 Å². The predicted molar refractivity (Wildman–Crippen MR) is 95.2 cm³/mol. The van der Waals surface area contributed by atoms with E-state index < -0.39 is 0 Å². The van der Waals surface area contributed by atoms with Gasteiger partial charge in [-0.1, -0.05) is 30.3 Å². The molecule has 0 fully saturated rings. The molecule has 0 spiro atoms. The summed E-state index contributed by atoms with van der Waals surface area (Å²) in [6, 6.07) is 15.3. The number of amides is 2. The maximum Gasteiger partial charge on any atom is 0.319 e. The van der Waals surface area contributed by atoms with Crippen molar-refractivity contribution in [2.45, 2.75) is 6.10 Å². The molecule has 1 aromatic heterocycles. The molecule has 1 atom stereocenters. The van der Waals surface area contributed by atoms with E-state index in [4.69, 9.17) is 9.47 Å². The lowest BCUT2D eigenvalue weighted by atomic mass is 10.2. The predicted octanol–water partition coefficient (Wildman–Crippen LogP) is 3.86. The van der Waals surface area contributed by atoms with Crippen molar-refractivity contribution in [3.8, 4) is 11.5 Å². The third-order valence-corrected chi connectivity index (χ3v) is 4.75. The van der Waals surface area contributed by atoms with Gasteiger partial charge in [0.2, 0.25) is 0 Å². The second-order valence-corrected chi connectivity index (χ2v) is 6.39. The first-order valence-corrected chi connectivity index (χ1v) is 8.57. The van der Waals surface area contributed by atoms with Crippen LogP contribution in [0.5, 0.6) is 11.5 Å². The Morgan fingerprint density at radius 1 is 1.12 bits per heavy atom. The molecule has 2 N–H and O–H groups in total. The molecule has 0 bridgehead atoms. The molecule has 2 amide bonds. The van der Waals surface area contributed by atoms with E-state index in [-0.39, 0.29) is 12.1 Å². The van der Waals surface area contributed by atoms with E-state index in [2.05, 4.69) is 10.6 Å². The first-order valence-electron chi connectivity index (χ1n) is 7.69. The summed E-state index contributed by atoms with van der Waals surface area (Å²) in [6.07, 6.45) is -0.204. The molecular formula is C18H16N2O3S. The minimum Gasteiger partial charge on any atom is -0.486 e. The number of anilines is 1. The largest absolute Gasteiger partial charge is 0.486 e. The molecule has 122 valence electrons. The standard InChI is InChI=1S/C18H16N2O3S/c21-18(20-14-11-24-17-8-4-1-5-13(14)17)19-9-12-10-22-15-6-2-3-7-16(15)23-12/h1-8,11-12H,9-10H2,(H2,19,20,21)/t12-/m1/s1. The summed E-state index contributed by atoms with van der Waals surface area (Å²) in [4.78, 5) is 12.1. The first-order chi connectivity index (χ1) is 11.8. The van der Waals surface area contributed by atoms with E-state index in [1.807, 2.05) is 53.9 Å². The SMILES string of the molecule is O=C(NC[C@@H]1COc2ccccc2O1)Nc1csc2ccccc12. The van der Waals surface area contributed by atoms with Gasteiger partial charge < -0.3 is 20.1 Å². The second kappa shape index (κ2) is 6.41. The Balaban J connectivity index is 1.34. The molecule has 1 aliphatic rings. The van der Waals surface area contributed by atoms with Crippen LogP contribution in [0.3, 0.4) is 0 Å². The molecule has 0 unspecified atom stereocenters. The Morgan fingerprint density at radius 3 is 2.83 bits per heavy atom. The molecule has 5 nitrogen and oxygen atoms in total. The normalized spacial score (nSPS) is 15.9. The maximum absolute atomic E-state index is 12.1. The Kier molecular flexibility index (Phi) is 3.96. The van der Waals surface area contributed by atoms with Crippen molar-refractivity contribution < 1.29 is 14.3 Å². The molecule has 4 rings (SSSR count). The maximum atomic E-state index is 12.1. The Hall–Kier alpha value is -2.73. The molecular weight excluding hydrogens is 324 g/mol. The zero-order chi connectivity index (χ0) is 16.4. The summed E-state index contributed by atoms with van der Waals surface area (Å²) in [5.41, 5.74) is 0.819. The molecule has 0 aliphatic carbocycles. The number of hydrogen-bond acceptors (Lipinski definition) is 4. The highest BCUT2D eigenvalue weighted by Crippen LogP contribution is 2.31. The fourth-order valence-corrected chi connectivity index (χ4v) is 3.50. The van der Waals surface area contributed by atoms with E-state index in [1.165, 1.54) is 0 Å². The number of urea groups is 1. The van der Waals surface area contributed by atoms with Crippen molar-refractivity contribution in [2.75, 3.05) is 18.5 Å². The monoisotopic (exact) mass is 340 g/mol. The summed E-state index contributed by atoms with van der Waals surface area (Å²) >= 11 is 1.61. The summed E-state index contributed by atoms with van der Waals surface area (Å²) < 4.78 is 12.6. The Labute approximate surface area is 143 Å². The number of thiophene rings is 1. The topological polar surface area (TPSA) is 59.6 Å². The molecule has 24 heavy (non-hydrogen) atoms. The van der Waals surface area contributed by atoms with Crippen LogP contribution in [-0.2, 0) is 0 Å². The summed E-state index contributed by atoms with van der Waals surface area (Å²) in [6.45, 7) is 0.793. The fourth-order valence-electron chi connectivity index (χ4n) is 2.61. The molecule has 0 saturated heterocycles. The highest BCUT2D eigenvalue weighted by atomic mass is 32.1. The van der Waals surface area contributed by atoms with Crippen molar-refractivity contribution >= 4 is 33.1 Å². The molecule has 2 heterocycles. The van der Waals surface area contributed by atoms with Gasteiger partial charge in [-0.2, -0.15) is 0 Å². The van der Waals surface area contributed by atoms with Crippen LogP contribution in [0.4, 0.5) is 10.5 Å². The van der Waals surface area contributed by atoms with Crippen LogP contribution in [0.1, 0.15) is 0 Å². The Morgan fingerprint density at radius 2 is 1.92 bits per heavy atom. The lowest BCUT2D eigenvalue weighted by molar-refractivity contribution is 0.0922. The van der Waals surface area contributed by atoms with Crippen molar-refractivity contribution in [1.82, 2.24) is 5.32 Å².